The van der Waals surface area contributed by atoms with Crippen molar-refractivity contribution >= 4 is 24.5 Å². The van der Waals surface area contributed by atoms with E-state index >= 15 is 0 Å². The first-order chi connectivity index (χ1) is 15.6. The molecule has 33 heavy (non-hydrogen) atoms. The van der Waals surface area contributed by atoms with Crippen molar-refractivity contribution in [3.63, 3.8) is 0 Å². The van der Waals surface area contributed by atoms with Gasteiger partial charge in [0.2, 0.25) is 0 Å². The number of ether oxygens (including phenoxy) is 2. The summed E-state index contributed by atoms with van der Waals surface area (Å²) in [5.41, 5.74) is -0.350. The quantitative estimate of drug-likeness (QED) is 0.351. The van der Waals surface area contributed by atoms with Crippen molar-refractivity contribution in [1.29, 1.82) is 0 Å². The second-order valence-corrected chi connectivity index (χ2v) is 14.8. The molecule has 3 atom stereocenters. The molecule has 0 N–H and O–H groups in total. The Hall–Kier alpha value is -1.79. The van der Waals surface area contributed by atoms with Crippen LogP contribution in [0.3, 0.4) is 0 Å². The van der Waals surface area contributed by atoms with Crippen molar-refractivity contribution in [2.75, 3.05) is 20.8 Å². The maximum atomic E-state index is 12.7. The Morgan fingerprint density at radius 2 is 1.42 bits per heavy atom. The lowest BCUT2D eigenvalue weighted by Crippen LogP contribution is -2.66. The lowest BCUT2D eigenvalue weighted by Gasteiger charge is -2.43. The lowest BCUT2D eigenvalue weighted by molar-refractivity contribution is -0.123. The van der Waals surface area contributed by atoms with E-state index in [2.05, 4.69) is 88.4 Å². The Kier molecular flexibility index (Phi) is 8.00. The Morgan fingerprint density at radius 3 is 1.82 bits per heavy atom. The van der Waals surface area contributed by atoms with Gasteiger partial charge in [-0.1, -0.05) is 88.4 Å². The van der Waals surface area contributed by atoms with Crippen LogP contribution >= 0.6 is 0 Å². The van der Waals surface area contributed by atoms with E-state index in [1.165, 1.54) is 10.4 Å². The first kappa shape index (κ1) is 25.8. The highest BCUT2D eigenvalue weighted by atomic mass is 28.4. The van der Waals surface area contributed by atoms with Crippen LogP contribution in [-0.4, -0.2) is 41.2 Å². The highest BCUT2D eigenvalue weighted by molar-refractivity contribution is 6.99. The van der Waals surface area contributed by atoms with Crippen molar-refractivity contribution in [3.05, 3.63) is 60.7 Å². The number of benzene rings is 2. The predicted molar refractivity (Wildman–Crippen MR) is 136 cm³/mol. The molecule has 4 nitrogen and oxygen atoms in total. The van der Waals surface area contributed by atoms with Gasteiger partial charge in [0.05, 0.1) is 0 Å². The monoisotopic (exact) mass is 468 g/mol. The summed E-state index contributed by atoms with van der Waals surface area (Å²) in [7, 11) is 0.705. The third-order valence-electron chi connectivity index (χ3n) is 7.81. The van der Waals surface area contributed by atoms with Crippen LogP contribution < -0.4 is 10.4 Å². The first-order valence-corrected chi connectivity index (χ1v) is 13.8. The number of Topliss-reactive ketones (excluding diaryl/α,β-unsaturated/α-hetero) is 1. The van der Waals surface area contributed by atoms with Gasteiger partial charge in [-0.2, -0.15) is 0 Å². The summed E-state index contributed by atoms with van der Waals surface area (Å²) < 4.78 is 17.9. The van der Waals surface area contributed by atoms with Gasteiger partial charge in [0.1, 0.15) is 5.78 Å². The van der Waals surface area contributed by atoms with Crippen LogP contribution in [0.15, 0.2) is 60.7 Å². The molecule has 2 aromatic carbocycles. The minimum atomic E-state index is -2.62. The summed E-state index contributed by atoms with van der Waals surface area (Å²) in [5, 5.41) is 2.46. The zero-order valence-corrected chi connectivity index (χ0v) is 22.3. The summed E-state index contributed by atoms with van der Waals surface area (Å²) >= 11 is 0. The van der Waals surface area contributed by atoms with Crippen molar-refractivity contribution in [1.82, 2.24) is 0 Å². The molecule has 2 aromatic rings. The SMILES string of the molecule is COC(CC[C@H]1[C@H](CO[Si](c2ccccc2)(c2ccccc2)C(C)(C)C)[C@@]1(C)C(C)=O)OC. The van der Waals surface area contributed by atoms with E-state index < -0.39 is 8.32 Å². The van der Waals surface area contributed by atoms with Gasteiger partial charge in [-0.25, -0.2) is 0 Å². The standard InChI is InChI=1S/C28H40O4Si/c1-21(29)28(5)24(18-19-26(30-6)31-7)25(28)20-32-33(27(2,3)4,22-14-10-8-11-15-22)23-16-12-9-13-17-23/h8-17,24-26H,18-20H2,1-7H3/t24-,25-,28-/m0/s1. The summed E-state index contributed by atoms with van der Waals surface area (Å²) in [6.07, 6.45) is 1.42. The zero-order valence-electron chi connectivity index (χ0n) is 21.3. The molecule has 1 fully saturated rings. The van der Waals surface area contributed by atoms with E-state index in [0.29, 0.717) is 6.61 Å². The minimum absolute atomic E-state index is 0.0794. The zero-order chi connectivity index (χ0) is 24.3. The predicted octanol–water partition coefficient (Wildman–Crippen LogP) is 4.80. The Labute approximate surface area is 200 Å². The van der Waals surface area contributed by atoms with Gasteiger partial charge in [0.25, 0.3) is 8.32 Å². The van der Waals surface area contributed by atoms with Gasteiger partial charge < -0.3 is 13.9 Å². The van der Waals surface area contributed by atoms with E-state index in [1.54, 1.807) is 21.1 Å². The largest absolute Gasteiger partial charge is 0.407 e. The van der Waals surface area contributed by atoms with Crippen LogP contribution in [0.5, 0.6) is 0 Å². The topological polar surface area (TPSA) is 44.8 Å². The van der Waals surface area contributed by atoms with E-state index in [4.69, 9.17) is 13.9 Å². The molecule has 0 bridgehead atoms. The van der Waals surface area contributed by atoms with Crippen molar-refractivity contribution in [3.8, 4) is 0 Å². The molecule has 0 heterocycles. The van der Waals surface area contributed by atoms with E-state index in [-0.39, 0.29) is 34.4 Å². The molecule has 5 heteroatoms. The third-order valence-corrected chi connectivity index (χ3v) is 12.8. The van der Waals surface area contributed by atoms with Crippen molar-refractivity contribution < 1.29 is 18.7 Å². The molecule has 0 aliphatic heterocycles. The van der Waals surface area contributed by atoms with Gasteiger partial charge in [0, 0.05) is 26.2 Å². The van der Waals surface area contributed by atoms with Gasteiger partial charge in [0.15, 0.2) is 6.29 Å². The molecule has 1 aliphatic rings. The van der Waals surface area contributed by atoms with Crippen LogP contribution in [0, 0.1) is 17.3 Å². The maximum absolute atomic E-state index is 12.7. The molecule has 180 valence electrons. The number of methoxy groups -OCH3 is 2. The second kappa shape index (κ2) is 10.2. The molecule has 0 unspecified atom stereocenters. The van der Waals surface area contributed by atoms with Crippen LogP contribution in [0.25, 0.3) is 0 Å². The van der Waals surface area contributed by atoms with Gasteiger partial charge >= 0.3 is 0 Å². The van der Waals surface area contributed by atoms with Crippen molar-refractivity contribution in [2.45, 2.75) is 58.8 Å². The van der Waals surface area contributed by atoms with Crippen LogP contribution in [-0.2, 0) is 18.7 Å². The van der Waals surface area contributed by atoms with Gasteiger partial charge in [-0.05, 0) is 47.0 Å². The Morgan fingerprint density at radius 1 is 0.939 bits per heavy atom. The second-order valence-electron chi connectivity index (χ2n) is 10.5. The number of ketones is 1. The Balaban J connectivity index is 1.93. The van der Waals surface area contributed by atoms with Gasteiger partial charge in [-0.3, -0.25) is 4.79 Å². The summed E-state index contributed by atoms with van der Waals surface area (Å²) in [6.45, 7) is 11.3. The fourth-order valence-corrected chi connectivity index (χ4v) is 10.2. The number of hydrogen-bond donors (Lipinski definition) is 0. The number of hydrogen-bond acceptors (Lipinski definition) is 4. The van der Waals surface area contributed by atoms with Crippen molar-refractivity contribution in [2.24, 2.45) is 17.3 Å². The summed E-state index contributed by atoms with van der Waals surface area (Å²) in [5.74, 6) is 0.724. The number of rotatable bonds is 11. The van der Waals surface area contributed by atoms with Gasteiger partial charge in [-0.15, -0.1) is 0 Å². The number of carbonyl (C=O) groups excluding carboxylic acids is 1. The third kappa shape index (κ3) is 4.88. The molecule has 0 radical (unpaired) electrons. The van der Waals surface area contributed by atoms with Crippen LogP contribution in [0.4, 0.5) is 0 Å². The molecular weight excluding hydrogens is 428 g/mol. The molecule has 1 saturated carbocycles. The molecular formula is C28H40O4Si. The molecule has 1 aliphatic carbocycles. The summed E-state index contributed by atoms with van der Waals surface area (Å²) in [4.78, 5) is 12.7. The fourth-order valence-electron chi connectivity index (χ4n) is 5.63. The highest BCUT2D eigenvalue weighted by Crippen LogP contribution is 2.61. The van der Waals surface area contributed by atoms with E-state index in [9.17, 15) is 4.79 Å². The van der Waals surface area contributed by atoms with E-state index in [0.717, 1.165) is 12.8 Å². The fraction of sp³-hybridized carbons (Fsp3) is 0.536. The molecule has 3 rings (SSSR count). The molecule has 0 amide bonds. The Bertz CT molecular complexity index is 865. The normalized spacial score (nSPS) is 23.0. The minimum Gasteiger partial charge on any atom is -0.407 e. The molecule has 0 spiro atoms. The first-order valence-electron chi connectivity index (χ1n) is 11.9. The average Bonchev–Trinajstić information content (AvgIpc) is 3.39. The number of carbonyl (C=O) groups is 1. The summed E-state index contributed by atoms with van der Waals surface area (Å²) in [6, 6.07) is 21.4. The van der Waals surface area contributed by atoms with Crippen LogP contribution in [0.2, 0.25) is 5.04 Å². The highest BCUT2D eigenvalue weighted by Gasteiger charge is 2.64. The maximum Gasteiger partial charge on any atom is 0.261 e. The average molecular weight is 469 g/mol. The van der Waals surface area contributed by atoms with E-state index in [1.807, 2.05) is 0 Å². The smallest absolute Gasteiger partial charge is 0.261 e. The van der Waals surface area contributed by atoms with Crippen LogP contribution in [0.1, 0.15) is 47.5 Å². The molecule has 0 aromatic heterocycles. The molecule has 0 saturated heterocycles. The lowest BCUT2D eigenvalue weighted by atomic mass is 9.98.